The first-order valence-electron chi connectivity index (χ1n) is 4.45. The molecule has 3 N–H and O–H groups in total. The Morgan fingerprint density at radius 3 is 2.65 bits per heavy atom. The van der Waals surface area contributed by atoms with Gasteiger partial charge in [-0.05, 0) is 11.6 Å². The molecule has 0 aliphatic carbocycles. The van der Waals surface area contributed by atoms with Crippen molar-refractivity contribution in [2.24, 2.45) is 5.73 Å². The Kier molecular flexibility index (Phi) is 3.96. The Balaban J connectivity index is 3.42. The summed E-state index contributed by atoms with van der Waals surface area (Å²) < 4.78 is 28.2. The summed E-state index contributed by atoms with van der Waals surface area (Å²) in [5.74, 6) is -1.89. The van der Waals surface area contributed by atoms with E-state index in [2.05, 4.69) is 4.74 Å². The molecule has 0 aliphatic heterocycles. The SMILES string of the molecule is N#Cc1c(OC(F)F)ccc(CN)c1C(=O)O. The van der Waals surface area contributed by atoms with Crippen LogP contribution in [0.2, 0.25) is 0 Å². The summed E-state index contributed by atoms with van der Waals surface area (Å²) in [7, 11) is 0. The van der Waals surface area contributed by atoms with Crippen LogP contribution in [-0.4, -0.2) is 17.7 Å². The normalized spacial score (nSPS) is 10.1. The molecule has 0 fully saturated rings. The van der Waals surface area contributed by atoms with Crippen molar-refractivity contribution in [2.75, 3.05) is 0 Å². The van der Waals surface area contributed by atoms with Gasteiger partial charge in [-0.15, -0.1) is 0 Å². The zero-order chi connectivity index (χ0) is 13.0. The number of carbonyl (C=O) groups is 1. The zero-order valence-electron chi connectivity index (χ0n) is 8.48. The molecular formula is C10H8F2N2O3. The summed E-state index contributed by atoms with van der Waals surface area (Å²) in [6.07, 6.45) is 0. The van der Waals surface area contributed by atoms with Crippen LogP contribution in [0.5, 0.6) is 5.75 Å². The fourth-order valence-corrected chi connectivity index (χ4v) is 1.35. The van der Waals surface area contributed by atoms with Crippen LogP contribution in [0.1, 0.15) is 21.5 Å². The molecule has 5 nitrogen and oxygen atoms in total. The smallest absolute Gasteiger partial charge is 0.387 e. The van der Waals surface area contributed by atoms with Crippen molar-refractivity contribution in [1.82, 2.24) is 0 Å². The predicted molar refractivity (Wildman–Crippen MR) is 52.6 cm³/mol. The first-order valence-corrected chi connectivity index (χ1v) is 4.45. The van der Waals surface area contributed by atoms with E-state index in [-0.39, 0.29) is 12.1 Å². The summed E-state index contributed by atoms with van der Waals surface area (Å²) in [4.78, 5) is 10.9. The molecule has 0 atom stereocenters. The summed E-state index contributed by atoms with van der Waals surface area (Å²) in [6.45, 7) is -3.25. The van der Waals surface area contributed by atoms with E-state index in [0.717, 1.165) is 6.07 Å². The van der Waals surface area contributed by atoms with E-state index in [9.17, 15) is 13.6 Å². The number of ether oxygens (including phenoxy) is 1. The monoisotopic (exact) mass is 242 g/mol. The highest BCUT2D eigenvalue weighted by molar-refractivity contribution is 5.93. The van der Waals surface area contributed by atoms with Crippen molar-refractivity contribution in [3.63, 3.8) is 0 Å². The average Bonchev–Trinajstić information content (AvgIpc) is 2.27. The molecule has 17 heavy (non-hydrogen) atoms. The Hall–Kier alpha value is -2.20. The standard InChI is InChI=1S/C10H8F2N2O3/c11-10(12)17-7-2-1-5(3-13)8(9(15)16)6(7)4-14/h1-2,10H,3,13H2,(H,15,16). The molecule has 90 valence electrons. The molecule has 0 heterocycles. The highest BCUT2D eigenvalue weighted by Gasteiger charge is 2.21. The van der Waals surface area contributed by atoms with Crippen LogP contribution < -0.4 is 10.5 Å². The van der Waals surface area contributed by atoms with Crippen molar-refractivity contribution in [2.45, 2.75) is 13.2 Å². The minimum Gasteiger partial charge on any atom is -0.478 e. The van der Waals surface area contributed by atoms with E-state index < -0.39 is 29.5 Å². The van der Waals surface area contributed by atoms with Crippen LogP contribution in [0, 0.1) is 11.3 Å². The molecule has 7 heteroatoms. The Labute approximate surface area is 95.0 Å². The van der Waals surface area contributed by atoms with Crippen LogP contribution in [0.4, 0.5) is 8.78 Å². The van der Waals surface area contributed by atoms with Crippen molar-refractivity contribution in [3.8, 4) is 11.8 Å². The van der Waals surface area contributed by atoms with Gasteiger partial charge < -0.3 is 15.6 Å². The number of aromatic carboxylic acids is 1. The van der Waals surface area contributed by atoms with Gasteiger partial charge in [-0.25, -0.2) is 4.79 Å². The van der Waals surface area contributed by atoms with Gasteiger partial charge in [-0.2, -0.15) is 14.0 Å². The lowest BCUT2D eigenvalue weighted by Crippen LogP contribution is -2.12. The first-order chi connectivity index (χ1) is 8.01. The molecule has 1 aromatic carbocycles. The molecule has 0 amide bonds. The number of carboxylic acids is 1. The molecular weight excluding hydrogens is 234 g/mol. The molecule has 0 spiro atoms. The number of hydrogen-bond acceptors (Lipinski definition) is 4. The lowest BCUT2D eigenvalue weighted by molar-refractivity contribution is -0.0501. The van der Waals surface area contributed by atoms with Gasteiger partial charge in [0.2, 0.25) is 0 Å². The van der Waals surface area contributed by atoms with Gasteiger partial charge in [-0.3, -0.25) is 0 Å². The van der Waals surface area contributed by atoms with Gasteiger partial charge in [0.15, 0.2) is 0 Å². The van der Waals surface area contributed by atoms with E-state index >= 15 is 0 Å². The Morgan fingerprint density at radius 1 is 1.59 bits per heavy atom. The maximum Gasteiger partial charge on any atom is 0.387 e. The van der Waals surface area contributed by atoms with E-state index in [4.69, 9.17) is 16.1 Å². The maximum atomic E-state index is 12.0. The Morgan fingerprint density at radius 2 is 2.24 bits per heavy atom. The number of benzene rings is 1. The van der Waals surface area contributed by atoms with Crippen LogP contribution in [0.15, 0.2) is 12.1 Å². The predicted octanol–water partition coefficient (Wildman–Crippen LogP) is 1.32. The van der Waals surface area contributed by atoms with Gasteiger partial charge in [-0.1, -0.05) is 6.07 Å². The number of nitrogens with two attached hydrogens (primary N) is 1. The summed E-state index contributed by atoms with van der Waals surface area (Å²) in [5, 5.41) is 17.7. The minimum atomic E-state index is -3.13. The molecule has 1 rings (SSSR count). The maximum absolute atomic E-state index is 12.0. The fraction of sp³-hybridized carbons (Fsp3) is 0.200. The topological polar surface area (TPSA) is 96.3 Å². The molecule has 0 aromatic heterocycles. The lowest BCUT2D eigenvalue weighted by Gasteiger charge is -2.11. The lowest BCUT2D eigenvalue weighted by atomic mass is 10.0. The Bertz CT molecular complexity index is 483. The van der Waals surface area contributed by atoms with E-state index in [1.165, 1.54) is 12.1 Å². The molecule has 0 radical (unpaired) electrons. The molecule has 0 unspecified atom stereocenters. The summed E-state index contributed by atoms with van der Waals surface area (Å²) in [5.41, 5.74) is 4.61. The van der Waals surface area contributed by atoms with Gasteiger partial charge >= 0.3 is 12.6 Å². The summed E-state index contributed by atoms with van der Waals surface area (Å²) >= 11 is 0. The zero-order valence-corrected chi connectivity index (χ0v) is 8.48. The molecule has 1 aromatic rings. The second-order valence-corrected chi connectivity index (χ2v) is 2.97. The number of rotatable bonds is 4. The van der Waals surface area contributed by atoms with Crippen LogP contribution in [0.3, 0.4) is 0 Å². The van der Waals surface area contributed by atoms with Gasteiger partial charge in [0, 0.05) is 6.54 Å². The third-order valence-corrected chi connectivity index (χ3v) is 2.02. The third kappa shape index (κ3) is 2.68. The first kappa shape index (κ1) is 12.9. The van der Waals surface area contributed by atoms with Gasteiger partial charge in [0.1, 0.15) is 17.4 Å². The molecule has 0 bridgehead atoms. The van der Waals surface area contributed by atoms with Gasteiger partial charge in [0.25, 0.3) is 0 Å². The summed E-state index contributed by atoms with van der Waals surface area (Å²) in [6, 6.07) is 3.87. The average molecular weight is 242 g/mol. The second kappa shape index (κ2) is 5.23. The van der Waals surface area contributed by atoms with E-state index in [1.807, 2.05) is 0 Å². The number of nitriles is 1. The van der Waals surface area contributed by atoms with Crippen molar-refractivity contribution in [3.05, 3.63) is 28.8 Å². The van der Waals surface area contributed by atoms with Crippen LogP contribution >= 0.6 is 0 Å². The fourth-order valence-electron chi connectivity index (χ4n) is 1.35. The number of nitrogens with zero attached hydrogens (tertiary/aromatic N) is 1. The number of hydrogen-bond donors (Lipinski definition) is 2. The quantitative estimate of drug-likeness (QED) is 0.829. The van der Waals surface area contributed by atoms with E-state index in [0.29, 0.717) is 0 Å². The number of alkyl halides is 2. The van der Waals surface area contributed by atoms with Crippen LogP contribution in [0.25, 0.3) is 0 Å². The second-order valence-electron chi connectivity index (χ2n) is 2.97. The highest BCUT2D eigenvalue weighted by Crippen LogP contribution is 2.26. The highest BCUT2D eigenvalue weighted by atomic mass is 19.3. The number of carboxylic acid groups (broad SMARTS) is 1. The molecule has 0 aliphatic rings. The third-order valence-electron chi connectivity index (χ3n) is 2.02. The van der Waals surface area contributed by atoms with Crippen molar-refractivity contribution >= 4 is 5.97 Å². The van der Waals surface area contributed by atoms with Crippen LogP contribution in [-0.2, 0) is 6.54 Å². The van der Waals surface area contributed by atoms with Gasteiger partial charge in [0.05, 0.1) is 5.56 Å². The molecule has 0 saturated carbocycles. The molecule has 0 saturated heterocycles. The largest absolute Gasteiger partial charge is 0.478 e. The van der Waals surface area contributed by atoms with E-state index in [1.54, 1.807) is 0 Å². The van der Waals surface area contributed by atoms with Crippen molar-refractivity contribution in [1.29, 1.82) is 5.26 Å². The van der Waals surface area contributed by atoms with Crippen molar-refractivity contribution < 1.29 is 23.4 Å². The minimum absolute atomic E-state index is 0.120. The number of halogens is 2.